The van der Waals surface area contributed by atoms with E-state index in [1.165, 1.54) is 0 Å². The van der Waals surface area contributed by atoms with Crippen molar-refractivity contribution in [1.29, 1.82) is 0 Å². The molecule has 56 valence electrons. The van der Waals surface area contributed by atoms with E-state index in [0.717, 1.165) is 22.7 Å². The quantitative estimate of drug-likeness (QED) is 0.483. The fourth-order valence-corrected chi connectivity index (χ4v) is 2.17. The highest BCUT2D eigenvalue weighted by molar-refractivity contribution is 6.32. The van der Waals surface area contributed by atoms with Crippen molar-refractivity contribution in [2.24, 2.45) is 0 Å². The molecule has 0 nitrogen and oxygen atoms in total. The van der Waals surface area contributed by atoms with Gasteiger partial charge in [0.25, 0.3) is 0 Å². The van der Waals surface area contributed by atoms with Gasteiger partial charge in [-0.2, -0.15) is 0 Å². The van der Waals surface area contributed by atoms with Crippen molar-refractivity contribution < 1.29 is 0 Å². The topological polar surface area (TPSA) is 0 Å². The lowest BCUT2D eigenvalue weighted by Gasteiger charge is -2.11. The summed E-state index contributed by atoms with van der Waals surface area (Å²) in [6, 6.07) is 1.05. The largest absolute Gasteiger partial charge is 0.127 e. The molecule has 2 atom stereocenters. The predicted molar refractivity (Wildman–Crippen MR) is 49.4 cm³/mol. The molecule has 0 aliphatic heterocycles. The van der Waals surface area contributed by atoms with E-state index in [1.54, 1.807) is 0 Å². The summed E-state index contributed by atoms with van der Waals surface area (Å²) >= 11 is 17.1. The molecule has 0 spiro atoms. The molecule has 4 heteroatoms. The molecule has 0 amide bonds. The third-order valence-corrected chi connectivity index (χ3v) is 4.05. The maximum Gasteiger partial charge on any atom is 0.0508 e. The van der Waals surface area contributed by atoms with E-state index in [9.17, 15) is 0 Å². The van der Waals surface area contributed by atoms with Gasteiger partial charge >= 0.3 is 0 Å². The predicted octanol–water partition coefficient (Wildman–Crippen LogP) is 1.61. The molecular formula is C5H11Cl3Si. The zero-order valence-corrected chi connectivity index (χ0v) is 9.68. The van der Waals surface area contributed by atoms with Crippen LogP contribution >= 0.6 is 34.8 Å². The number of hydrogen-bond donors (Lipinski definition) is 0. The van der Waals surface area contributed by atoms with E-state index >= 15 is 0 Å². The van der Waals surface area contributed by atoms with Gasteiger partial charge in [-0.25, -0.2) is 0 Å². The van der Waals surface area contributed by atoms with Crippen molar-refractivity contribution in [3.05, 3.63) is 0 Å². The Morgan fingerprint density at radius 1 is 1.22 bits per heavy atom. The Hall–Kier alpha value is 1.09. The second-order valence-electron chi connectivity index (χ2n) is 1.92. The normalized spacial score (nSPS) is 17.7. The average molecular weight is 206 g/mol. The van der Waals surface area contributed by atoms with Gasteiger partial charge in [0, 0.05) is 21.5 Å². The standard InChI is InChI=1S/C5H11Cl3Si/c6-2-1-4(7)5(8)3-9/h4-5H,1-3H2,9H3. The van der Waals surface area contributed by atoms with E-state index in [4.69, 9.17) is 34.8 Å². The Balaban J connectivity index is 3.32. The van der Waals surface area contributed by atoms with Gasteiger partial charge in [-0.05, 0) is 12.5 Å². The summed E-state index contributed by atoms with van der Waals surface area (Å²) in [6.45, 7) is 0. The molecule has 0 bridgehead atoms. The Morgan fingerprint density at radius 2 is 1.78 bits per heavy atom. The molecule has 0 rings (SSSR count). The maximum atomic E-state index is 5.84. The summed E-state index contributed by atoms with van der Waals surface area (Å²) in [7, 11) is 1.12. The molecule has 0 aliphatic carbocycles. The summed E-state index contributed by atoms with van der Waals surface area (Å²) in [5, 5.41) is 0.207. The van der Waals surface area contributed by atoms with Crippen LogP contribution in [0, 0.1) is 0 Å². The van der Waals surface area contributed by atoms with Crippen molar-refractivity contribution in [2.45, 2.75) is 23.2 Å². The number of halogens is 3. The van der Waals surface area contributed by atoms with Crippen molar-refractivity contribution in [3.63, 3.8) is 0 Å². The third kappa shape index (κ3) is 4.49. The SMILES string of the molecule is [SiH3]CC(Cl)C(Cl)CCCl. The van der Waals surface area contributed by atoms with Crippen LogP contribution in [0.3, 0.4) is 0 Å². The first-order chi connectivity index (χ1) is 4.22. The lowest BCUT2D eigenvalue weighted by molar-refractivity contribution is 0.793. The Labute approximate surface area is 74.3 Å². The Bertz CT molecular complexity index is 69.2. The highest BCUT2D eigenvalue weighted by Gasteiger charge is 2.12. The summed E-state index contributed by atoms with van der Waals surface area (Å²) in [5.74, 6) is 0.610. The minimum atomic E-state index is 0.0710. The van der Waals surface area contributed by atoms with Crippen LogP contribution in [0.2, 0.25) is 6.04 Å². The summed E-state index contributed by atoms with van der Waals surface area (Å²) in [6.07, 6.45) is 0.819. The molecule has 0 aromatic heterocycles. The van der Waals surface area contributed by atoms with E-state index in [0.29, 0.717) is 5.88 Å². The van der Waals surface area contributed by atoms with Gasteiger partial charge in [0.2, 0.25) is 0 Å². The number of hydrogen-bond acceptors (Lipinski definition) is 0. The second kappa shape index (κ2) is 5.84. The molecule has 2 unspecified atom stereocenters. The van der Waals surface area contributed by atoms with Gasteiger partial charge in [-0.3, -0.25) is 0 Å². The van der Waals surface area contributed by atoms with Crippen LogP contribution in [0.4, 0.5) is 0 Å². The van der Waals surface area contributed by atoms with Crippen LogP contribution in [0.1, 0.15) is 6.42 Å². The molecule has 0 radical (unpaired) electrons. The minimum Gasteiger partial charge on any atom is -0.127 e. The van der Waals surface area contributed by atoms with E-state index in [-0.39, 0.29) is 10.8 Å². The van der Waals surface area contributed by atoms with Crippen molar-refractivity contribution in [3.8, 4) is 0 Å². The van der Waals surface area contributed by atoms with Gasteiger partial charge in [0.1, 0.15) is 0 Å². The van der Waals surface area contributed by atoms with Gasteiger partial charge in [0.15, 0.2) is 0 Å². The van der Waals surface area contributed by atoms with Gasteiger partial charge in [-0.1, -0.05) is 0 Å². The smallest absolute Gasteiger partial charge is 0.0508 e. The van der Waals surface area contributed by atoms with Gasteiger partial charge in [0.05, 0.1) is 5.38 Å². The van der Waals surface area contributed by atoms with E-state index < -0.39 is 0 Å². The molecule has 0 aromatic rings. The van der Waals surface area contributed by atoms with E-state index in [1.807, 2.05) is 0 Å². The first-order valence-corrected chi connectivity index (χ1v) is 5.88. The zero-order valence-electron chi connectivity index (χ0n) is 5.41. The third-order valence-electron chi connectivity index (χ3n) is 1.17. The lowest BCUT2D eigenvalue weighted by Crippen LogP contribution is -2.14. The lowest BCUT2D eigenvalue weighted by atomic mass is 10.2. The molecule has 0 aromatic carbocycles. The minimum absolute atomic E-state index is 0.0710. The Morgan fingerprint density at radius 3 is 2.11 bits per heavy atom. The van der Waals surface area contributed by atoms with Crippen molar-refractivity contribution >= 4 is 45.0 Å². The summed E-state index contributed by atoms with van der Waals surface area (Å²) < 4.78 is 0. The first kappa shape index (κ1) is 10.1. The zero-order chi connectivity index (χ0) is 7.28. The number of alkyl halides is 3. The highest BCUT2D eigenvalue weighted by atomic mass is 35.5. The first-order valence-electron chi connectivity index (χ1n) is 3.06. The average Bonchev–Trinajstić information content (AvgIpc) is 1.87. The molecule has 0 fully saturated rings. The maximum absolute atomic E-state index is 5.84. The van der Waals surface area contributed by atoms with Crippen LogP contribution in [0.25, 0.3) is 0 Å². The molecular weight excluding hydrogens is 194 g/mol. The second-order valence-corrected chi connectivity index (χ2v) is 4.23. The summed E-state index contributed by atoms with van der Waals surface area (Å²) in [4.78, 5) is 0. The van der Waals surface area contributed by atoms with Crippen LogP contribution < -0.4 is 0 Å². The monoisotopic (exact) mass is 204 g/mol. The summed E-state index contributed by atoms with van der Waals surface area (Å²) in [5.41, 5.74) is 0. The van der Waals surface area contributed by atoms with Crippen molar-refractivity contribution in [1.82, 2.24) is 0 Å². The molecule has 0 saturated heterocycles. The van der Waals surface area contributed by atoms with Crippen LogP contribution in [-0.2, 0) is 0 Å². The van der Waals surface area contributed by atoms with Crippen LogP contribution in [0.5, 0.6) is 0 Å². The van der Waals surface area contributed by atoms with Crippen LogP contribution in [-0.4, -0.2) is 26.9 Å². The molecule has 0 aliphatic rings. The molecule has 9 heavy (non-hydrogen) atoms. The fraction of sp³-hybridized carbons (Fsp3) is 1.00. The molecule has 0 heterocycles. The van der Waals surface area contributed by atoms with Crippen molar-refractivity contribution in [2.75, 3.05) is 5.88 Å². The number of rotatable bonds is 4. The van der Waals surface area contributed by atoms with Crippen LogP contribution in [0.15, 0.2) is 0 Å². The fourth-order valence-electron chi connectivity index (χ4n) is 0.541. The molecule has 0 saturated carbocycles. The van der Waals surface area contributed by atoms with E-state index in [2.05, 4.69) is 0 Å². The Kier molecular flexibility index (Phi) is 6.55. The highest BCUT2D eigenvalue weighted by Crippen LogP contribution is 2.16. The molecule has 0 N–H and O–H groups in total. The van der Waals surface area contributed by atoms with Gasteiger partial charge in [-0.15, -0.1) is 34.8 Å². The van der Waals surface area contributed by atoms with Gasteiger partial charge < -0.3 is 0 Å².